The average molecular weight is 343 g/mol. The van der Waals surface area contributed by atoms with Gasteiger partial charge >= 0.3 is 0 Å². The number of anilines is 1. The molecule has 2 aromatic rings. The van der Waals surface area contributed by atoms with E-state index in [4.69, 9.17) is 0 Å². The molecule has 0 unspecified atom stereocenters. The van der Waals surface area contributed by atoms with Crippen LogP contribution in [-0.4, -0.2) is 9.97 Å². The lowest BCUT2D eigenvalue weighted by Gasteiger charge is -2.07. The highest BCUT2D eigenvalue weighted by Crippen LogP contribution is 2.19. The number of halogens is 2. The second-order valence-electron chi connectivity index (χ2n) is 3.21. The van der Waals surface area contributed by atoms with Crippen LogP contribution in [0.5, 0.6) is 0 Å². The van der Waals surface area contributed by atoms with Crippen LogP contribution in [0.2, 0.25) is 0 Å². The molecule has 0 radical (unpaired) electrons. The van der Waals surface area contributed by atoms with E-state index in [1.54, 1.807) is 12.4 Å². The van der Waals surface area contributed by atoms with Crippen LogP contribution in [0.3, 0.4) is 0 Å². The van der Waals surface area contributed by atoms with E-state index < -0.39 is 0 Å². The second kappa shape index (κ2) is 5.41. The van der Waals surface area contributed by atoms with Crippen molar-refractivity contribution in [2.24, 2.45) is 0 Å². The lowest BCUT2D eigenvalue weighted by molar-refractivity contribution is 1.09. The molecule has 0 amide bonds. The molecule has 3 nitrogen and oxygen atoms in total. The lowest BCUT2D eigenvalue weighted by atomic mass is 10.3. The zero-order chi connectivity index (χ0) is 11.4. The molecule has 2 aromatic heterocycles. The Balaban J connectivity index is 2.05. The third kappa shape index (κ3) is 3.02. The topological polar surface area (TPSA) is 37.8 Å². The summed E-state index contributed by atoms with van der Waals surface area (Å²) in [6.45, 7) is 0.719. The summed E-state index contributed by atoms with van der Waals surface area (Å²) in [5.41, 5.74) is 2.09. The van der Waals surface area contributed by atoms with E-state index in [1.165, 1.54) is 0 Å². The molecule has 0 aliphatic carbocycles. The Morgan fingerprint density at radius 1 is 1.25 bits per heavy atom. The second-order valence-corrected chi connectivity index (χ2v) is 4.87. The van der Waals surface area contributed by atoms with Crippen molar-refractivity contribution in [2.45, 2.75) is 6.54 Å². The molecule has 0 saturated carbocycles. The molecule has 0 fully saturated rings. The zero-order valence-electron chi connectivity index (χ0n) is 8.32. The minimum absolute atomic E-state index is 0.719. The monoisotopic (exact) mass is 341 g/mol. The van der Waals surface area contributed by atoms with E-state index in [1.807, 2.05) is 24.4 Å². The first-order valence-corrected chi connectivity index (χ1v) is 6.28. The number of hydrogen-bond donors (Lipinski definition) is 1. The van der Waals surface area contributed by atoms with Gasteiger partial charge in [-0.05, 0) is 55.6 Å². The molecule has 0 aromatic carbocycles. The van der Waals surface area contributed by atoms with Gasteiger partial charge in [0.25, 0.3) is 0 Å². The predicted octanol–water partition coefficient (Wildman–Crippen LogP) is 3.61. The van der Waals surface area contributed by atoms with Crippen LogP contribution in [0.15, 0.2) is 45.9 Å². The Morgan fingerprint density at radius 3 is 2.88 bits per heavy atom. The Hall–Kier alpha value is -0.940. The van der Waals surface area contributed by atoms with E-state index in [9.17, 15) is 0 Å². The Labute approximate surface area is 111 Å². The fraction of sp³-hybridized carbons (Fsp3) is 0.0909. The van der Waals surface area contributed by atoms with Gasteiger partial charge in [-0.25, -0.2) is 4.98 Å². The van der Waals surface area contributed by atoms with E-state index in [0.717, 1.165) is 26.9 Å². The average Bonchev–Trinajstić information content (AvgIpc) is 2.28. The van der Waals surface area contributed by atoms with Crippen molar-refractivity contribution in [2.75, 3.05) is 5.32 Å². The van der Waals surface area contributed by atoms with Gasteiger partial charge in [0.1, 0.15) is 4.60 Å². The molecule has 2 rings (SSSR count). The minimum atomic E-state index is 0.719. The van der Waals surface area contributed by atoms with Gasteiger partial charge in [-0.2, -0.15) is 0 Å². The summed E-state index contributed by atoms with van der Waals surface area (Å²) >= 11 is 6.78. The summed E-state index contributed by atoms with van der Waals surface area (Å²) in [6, 6.07) is 5.90. The lowest BCUT2D eigenvalue weighted by Crippen LogP contribution is -2.01. The number of rotatable bonds is 3. The number of aromatic nitrogens is 2. The van der Waals surface area contributed by atoms with Crippen LogP contribution in [0.1, 0.15) is 5.56 Å². The highest BCUT2D eigenvalue weighted by atomic mass is 79.9. The van der Waals surface area contributed by atoms with Gasteiger partial charge < -0.3 is 5.32 Å². The van der Waals surface area contributed by atoms with E-state index in [-0.39, 0.29) is 0 Å². The van der Waals surface area contributed by atoms with Gasteiger partial charge in [0.05, 0.1) is 5.69 Å². The van der Waals surface area contributed by atoms with Gasteiger partial charge in [0.15, 0.2) is 0 Å². The van der Waals surface area contributed by atoms with Gasteiger partial charge in [-0.1, -0.05) is 0 Å². The third-order valence-corrected chi connectivity index (χ3v) is 3.07. The highest BCUT2D eigenvalue weighted by molar-refractivity contribution is 9.10. The van der Waals surface area contributed by atoms with Crippen molar-refractivity contribution in [1.29, 1.82) is 0 Å². The SMILES string of the molecule is Brc1cncc(CNc2cccnc2Br)c1. The first kappa shape index (κ1) is 11.5. The summed E-state index contributed by atoms with van der Waals surface area (Å²) in [7, 11) is 0. The van der Waals surface area contributed by atoms with Crippen molar-refractivity contribution >= 4 is 37.5 Å². The fourth-order valence-corrected chi connectivity index (χ4v) is 2.07. The molecular formula is C11H9Br2N3. The normalized spacial score (nSPS) is 10.1. The van der Waals surface area contributed by atoms with Crippen molar-refractivity contribution in [1.82, 2.24) is 9.97 Å². The molecule has 5 heteroatoms. The standard InChI is InChI=1S/C11H9Br2N3/c12-9-4-8(5-14-7-9)6-16-10-2-1-3-15-11(10)13/h1-5,7,16H,6H2. The van der Waals surface area contributed by atoms with Gasteiger partial charge in [0, 0.05) is 29.6 Å². The largest absolute Gasteiger partial charge is 0.379 e. The van der Waals surface area contributed by atoms with Crippen molar-refractivity contribution < 1.29 is 0 Å². The number of pyridine rings is 2. The van der Waals surface area contributed by atoms with Crippen LogP contribution >= 0.6 is 31.9 Å². The number of nitrogens with one attached hydrogen (secondary N) is 1. The molecule has 1 N–H and O–H groups in total. The fourth-order valence-electron chi connectivity index (χ4n) is 1.27. The Morgan fingerprint density at radius 2 is 2.12 bits per heavy atom. The zero-order valence-corrected chi connectivity index (χ0v) is 11.5. The Kier molecular flexibility index (Phi) is 3.90. The molecule has 0 spiro atoms. The molecule has 82 valence electrons. The first-order valence-electron chi connectivity index (χ1n) is 4.69. The summed E-state index contributed by atoms with van der Waals surface area (Å²) in [5, 5.41) is 3.29. The quantitative estimate of drug-likeness (QED) is 0.866. The number of hydrogen-bond acceptors (Lipinski definition) is 3. The molecule has 0 saturated heterocycles. The molecular weight excluding hydrogens is 334 g/mol. The summed E-state index contributed by atoms with van der Waals surface area (Å²) in [6.07, 6.45) is 5.35. The van der Waals surface area contributed by atoms with Crippen LogP contribution in [0.4, 0.5) is 5.69 Å². The molecule has 0 bridgehead atoms. The Bertz CT molecular complexity index is 488. The van der Waals surface area contributed by atoms with Crippen LogP contribution in [-0.2, 0) is 6.54 Å². The smallest absolute Gasteiger partial charge is 0.129 e. The van der Waals surface area contributed by atoms with E-state index in [2.05, 4.69) is 47.1 Å². The minimum Gasteiger partial charge on any atom is -0.379 e. The molecule has 2 heterocycles. The van der Waals surface area contributed by atoms with Crippen LogP contribution < -0.4 is 5.32 Å². The van der Waals surface area contributed by atoms with Gasteiger partial charge in [0.2, 0.25) is 0 Å². The highest BCUT2D eigenvalue weighted by Gasteiger charge is 1.99. The molecule has 0 aliphatic heterocycles. The number of nitrogens with zero attached hydrogens (tertiary/aromatic N) is 2. The first-order chi connectivity index (χ1) is 7.75. The maximum Gasteiger partial charge on any atom is 0.129 e. The predicted molar refractivity (Wildman–Crippen MR) is 71.2 cm³/mol. The maximum atomic E-state index is 4.14. The summed E-state index contributed by atoms with van der Waals surface area (Å²) in [5.74, 6) is 0. The van der Waals surface area contributed by atoms with Crippen LogP contribution in [0.25, 0.3) is 0 Å². The van der Waals surface area contributed by atoms with Crippen molar-refractivity contribution in [3.8, 4) is 0 Å². The third-order valence-electron chi connectivity index (χ3n) is 2.00. The van der Waals surface area contributed by atoms with Gasteiger partial charge in [-0.15, -0.1) is 0 Å². The van der Waals surface area contributed by atoms with E-state index in [0.29, 0.717) is 0 Å². The summed E-state index contributed by atoms with van der Waals surface area (Å²) < 4.78 is 1.80. The van der Waals surface area contributed by atoms with E-state index >= 15 is 0 Å². The van der Waals surface area contributed by atoms with Crippen molar-refractivity contribution in [3.05, 3.63) is 51.4 Å². The molecule has 0 aliphatic rings. The van der Waals surface area contributed by atoms with Crippen molar-refractivity contribution in [3.63, 3.8) is 0 Å². The maximum absolute atomic E-state index is 4.14. The molecule has 16 heavy (non-hydrogen) atoms. The van der Waals surface area contributed by atoms with Gasteiger partial charge in [-0.3, -0.25) is 4.98 Å². The summed E-state index contributed by atoms with van der Waals surface area (Å²) in [4.78, 5) is 8.24. The van der Waals surface area contributed by atoms with Crippen LogP contribution in [0, 0.1) is 0 Å². The molecule has 0 atom stereocenters.